The lowest BCUT2D eigenvalue weighted by Gasteiger charge is -2.19. The third kappa shape index (κ3) is 0.838. The normalized spacial score (nSPS) is 23.8. The number of Topliss-reactive ketones (excluding diaryl/α,β-unsaturated/α-hetero) is 1. The Morgan fingerprint density at radius 1 is 1.15 bits per heavy atom. The van der Waals surface area contributed by atoms with Crippen LogP contribution in [0.4, 0.5) is 0 Å². The smallest absolute Gasteiger partial charge is 0.180 e. The highest BCUT2D eigenvalue weighted by atomic mass is 16.1. The van der Waals surface area contributed by atoms with E-state index in [2.05, 4.69) is 6.07 Å². The Morgan fingerprint density at radius 2 is 1.85 bits per heavy atom. The fourth-order valence-electron chi connectivity index (χ4n) is 2.23. The van der Waals surface area contributed by atoms with Crippen LogP contribution in [0.1, 0.15) is 27.0 Å². The first-order chi connectivity index (χ1) is 6.25. The second kappa shape index (κ2) is 2.20. The van der Waals surface area contributed by atoms with E-state index in [4.69, 9.17) is 5.73 Å². The van der Waals surface area contributed by atoms with Gasteiger partial charge in [-0.3, -0.25) is 4.79 Å². The molecule has 0 fully saturated rings. The van der Waals surface area contributed by atoms with E-state index in [0.717, 1.165) is 24.0 Å². The van der Waals surface area contributed by atoms with Gasteiger partial charge >= 0.3 is 0 Å². The third-order valence-corrected chi connectivity index (χ3v) is 3.13. The monoisotopic (exact) mass is 173 g/mol. The Morgan fingerprint density at radius 3 is 2.54 bits per heavy atom. The van der Waals surface area contributed by atoms with Crippen molar-refractivity contribution in [1.29, 1.82) is 0 Å². The zero-order chi connectivity index (χ0) is 9.00. The van der Waals surface area contributed by atoms with Gasteiger partial charge in [-0.2, -0.15) is 0 Å². The van der Waals surface area contributed by atoms with Crippen LogP contribution in [0.15, 0.2) is 12.1 Å². The molecule has 0 saturated heterocycles. The van der Waals surface area contributed by atoms with Crippen molar-refractivity contribution >= 4 is 5.78 Å². The predicted octanol–water partition coefficient (Wildman–Crippen LogP) is 0.851. The second-order valence-corrected chi connectivity index (χ2v) is 3.95. The Hall–Kier alpha value is -1.15. The van der Waals surface area contributed by atoms with Crippen LogP contribution in [-0.4, -0.2) is 11.8 Å². The first-order valence-corrected chi connectivity index (χ1v) is 4.70. The fourth-order valence-corrected chi connectivity index (χ4v) is 2.23. The maximum atomic E-state index is 11.6. The Labute approximate surface area is 76.7 Å². The van der Waals surface area contributed by atoms with Crippen LogP contribution in [0.5, 0.6) is 0 Å². The lowest BCUT2D eigenvalue weighted by atomic mass is 9.85. The van der Waals surface area contributed by atoms with Crippen LogP contribution in [0, 0.1) is 0 Å². The number of carbonyl (C=O) groups is 1. The van der Waals surface area contributed by atoms with Crippen LogP contribution in [0.2, 0.25) is 0 Å². The van der Waals surface area contributed by atoms with E-state index in [1.807, 2.05) is 6.07 Å². The summed E-state index contributed by atoms with van der Waals surface area (Å²) in [6.07, 6.45) is 3.04. The molecule has 0 bridgehead atoms. The van der Waals surface area contributed by atoms with E-state index in [-0.39, 0.29) is 11.8 Å². The molecule has 2 N–H and O–H groups in total. The largest absolute Gasteiger partial charge is 0.321 e. The average molecular weight is 173 g/mol. The molecule has 1 aromatic carbocycles. The number of rotatable bonds is 0. The maximum Gasteiger partial charge on any atom is 0.180 e. The summed E-state index contributed by atoms with van der Waals surface area (Å²) in [4.78, 5) is 11.6. The van der Waals surface area contributed by atoms with Crippen molar-refractivity contribution < 1.29 is 4.79 Å². The molecule has 0 saturated carbocycles. The highest BCUT2D eigenvalue weighted by Gasteiger charge is 2.29. The molecule has 0 heterocycles. The molecule has 0 radical (unpaired) electrons. The van der Waals surface area contributed by atoms with Gasteiger partial charge in [0.2, 0.25) is 0 Å². The molecule has 1 atom stereocenters. The van der Waals surface area contributed by atoms with Crippen LogP contribution in [-0.2, 0) is 19.3 Å². The summed E-state index contributed by atoms with van der Waals surface area (Å²) in [7, 11) is 0. The first kappa shape index (κ1) is 7.27. The number of nitrogens with two attached hydrogens (primary N) is 1. The molecule has 0 aromatic heterocycles. The number of ketones is 1. The molecule has 2 aliphatic rings. The van der Waals surface area contributed by atoms with E-state index < -0.39 is 0 Å². The minimum atomic E-state index is -0.281. The van der Waals surface area contributed by atoms with Gasteiger partial charge in [0.25, 0.3) is 0 Å². The maximum absolute atomic E-state index is 11.6. The molecule has 13 heavy (non-hydrogen) atoms. The van der Waals surface area contributed by atoms with Gasteiger partial charge in [0, 0.05) is 5.56 Å². The van der Waals surface area contributed by atoms with E-state index in [1.165, 1.54) is 17.5 Å². The molecule has 0 spiro atoms. The topological polar surface area (TPSA) is 43.1 Å². The van der Waals surface area contributed by atoms with Gasteiger partial charge in [0.1, 0.15) is 0 Å². The van der Waals surface area contributed by atoms with Crippen LogP contribution in [0.25, 0.3) is 0 Å². The summed E-state index contributed by atoms with van der Waals surface area (Å²) < 4.78 is 0. The van der Waals surface area contributed by atoms with Crippen molar-refractivity contribution in [3.8, 4) is 0 Å². The van der Waals surface area contributed by atoms with Crippen LogP contribution >= 0.6 is 0 Å². The number of fused-ring (bicyclic) bond motifs is 2. The molecule has 0 amide bonds. The third-order valence-electron chi connectivity index (χ3n) is 3.13. The zero-order valence-corrected chi connectivity index (χ0v) is 7.34. The van der Waals surface area contributed by atoms with Crippen LogP contribution < -0.4 is 5.73 Å². The van der Waals surface area contributed by atoms with Crippen molar-refractivity contribution in [1.82, 2.24) is 0 Å². The van der Waals surface area contributed by atoms with Crippen molar-refractivity contribution in [2.45, 2.75) is 25.3 Å². The minimum absolute atomic E-state index is 0.129. The SMILES string of the molecule is NC1Cc2cc3c(cc2C1=O)CC3. The molecular weight excluding hydrogens is 162 g/mol. The van der Waals surface area contributed by atoms with Gasteiger partial charge < -0.3 is 5.73 Å². The highest BCUT2D eigenvalue weighted by molar-refractivity contribution is 6.04. The summed E-state index contributed by atoms with van der Waals surface area (Å²) in [5, 5.41) is 0. The van der Waals surface area contributed by atoms with E-state index in [9.17, 15) is 4.79 Å². The summed E-state index contributed by atoms with van der Waals surface area (Å²) >= 11 is 0. The number of carbonyl (C=O) groups excluding carboxylic acids is 1. The summed E-state index contributed by atoms with van der Waals surface area (Å²) in [5.74, 6) is 0.129. The molecule has 2 heteroatoms. The number of hydrogen-bond acceptors (Lipinski definition) is 2. The van der Waals surface area contributed by atoms with Gasteiger partial charge in [0.15, 0.2) is 5.78 Å². The van der Waals surface area contributed by atoms with Gasteiger partial charge in [-0.05, 0) is 42.0 Å². The van der Waals surface area contributed by atoms with E-state index in [1.54, 1.807) is 0 Å². The predicted molar refractivity (Wildman–Crippen MR) is 49.9 cm³/mol. The van der Waals surface area contributed by atoms with Crippen LogP contribution in [0.3, 0.4) is 0 Å². The minimum Gasteiger partial charge on any atom is -0.321 e. The standard InChI is InChI=1S/C11H11NO/c12-10-5-8-3-6-1-2-7(6)4-9(8)11(10)13/h3-4,10H,1-2,5,12H2. The van der Waals surface area contributed by atoms with Crippen molar-refractivity contribution in [2.75, 3.05) is 0 Å². The number of benzene rings is 1. The van der Waals surface area contributed by atoms with Crippen molar-refractivity contribution in [3.05, 3.63) is 34.4 Å². The highest BCUT2D eigenvalue weighted by Crippen LogP contribution is 2.30. The van der Waals surface area contributed by atoms with Crippen molar-refractivity contribution in [3.63, 3.8) is 0 Å². The van der Waals surface area contributed by atoms with Gasteiger partial charge in [0.05, 0.1) is 6.04 Å². The van der Waals surface area contributed by atoms with Crippen molar-refractivity contribution in [2.24, 2.45) is 5.73 Å². The Bertz CT molecular complexity index is 409. The lowest BCUT2D eigenvalue weighted by Crippen LogP contribution is -2.26. The molecule has 0 aliphatic heterocycles. The van der Waals surface area contributed by atoms with Gasteiger partial charge in [-0.25, -0.2) is 0 Å². The summed E-state index contributed by atoms with van der Waals surface area (Å²) in [5.41, 5.74) is 10.5. The van der Waals surface area contributed by atoms with Gasteiger partial charge in [-0.1, -0.05) is 6.07 Å². The number of hydrogen-bond donors (Lipinski definition) is 1. The zero-order valence-electron chi connectivity index (χ0n) is 7.34. The fraction of sp³-hybridized carbons (Fsp3) is 0.364. The molecule has 66 valence electrons. The first-order valence-electron chi connectivity index (χ1n) is 4.70. The molecule has 1 aromatic rings. The average Bonchev–Trinajstić information content (AvgIpc) is 2.34. The molecule has 1 unspecified atom stereocenters. The second-order valence-electron chi connectivity index (χ2n) is 3.95. The summed E-state index contributed by atoms with van der Waals surface area (Å²) in [6.45, 7) is 0. The molecular formula is C11H11NO. The van der Waals surface area contributed by atoms with E-state index >= 15 is 0 Å². The quantitative estimate of drug-likeness (QED) is 0.632. The van der Waals surface area contributed by atoms with Gasteiger partial charge in [-0.15, -0.1) is 0 Å². The Kier molecular flexibility index (Phi) is 1.23. The summed E-state index contributed by atoms with van der Waals surface area (Å²) in [6, 6.07) is 3.93. The molecule has 3 rings (SSSR count). The molecule has 2 nitrogen and oxygen atoms in total. The Balaban J connectivity index is 2.20. The molecule has 2 aliphatic carbocycles. The number of aryl methyl sites for hydroxylation is 2. The lowest BCUT2D eigenvalue weighted by molar-refractivity contribution is 0.0974. The van der Waals surface area contributed by atoms with E-state index in [0.29, 0.717) is 0 Å².